The Morgan fingerprint density at radius 2 is 1.92 bits per heavy atom. The highest BCUT2D eigenvalue weighted by Crippen LogP contribution is 2.19. The Kier molecular flexibility index (Phi) is 2.96. The van der Waals surface area contributed by atoms with Gasteiger partial charge >= 0.3 is 0 Å². The fraction of sp³-hybridized carbons (Fsp3) is 0.900. The van der Waals surface area contributed by atoms with E-state index in [2.05, 4.69) is 5.32 Å². The first kappa shape index (κ1) is 9.16. The summed E-state index contributed by atoms with van der Waals surface area (Å²) >= 11 is 0. The van der Waals surface area contributed by atoms with E-state index in [0.717, 1.165) is 26.1 Å². The molecule has 0 radical (unpaired) electrons. The molecule has 0 aromatic carbocycles. The minimum absolute atomic E-state index is 0.264. The average Bonchev–Trinajstić information content (AvgIpc) is 2.99. The zero-order valence-corrected chi connectivity index (χ0v) is 7.92. The summed E-state index contributed by atoms with van der Waals surface area (Å²) in [5.41, 5.74) is 0. The SMILES string of the molecule is O=C(CNC1CC1)C1CCOCC1. The van der Waals surface area contributed by atoms with Crippen molar-refractivity contribution in [2.45, 2.75) is 31.7 Å². The molecule has 0 bridgehead atoms. The maximum Gasteiger partial charge on any atom is 0.149 e. The van der Waals surface area contributed by atoms with Crippen LogP contribution in [0, 0.1) is 5.92 Å². The molecule has 0 unspecified atom stereocenters. The third kappa shape index (κ3) is 2.78. The number of carbonyl (C=O) groups is 1. The minimum Gasteiger partial charge on any atom is -0.381 e. The van der Waals surface area contributed by atoms with Gasteiger partial charge < -0.3 is 10.1 Å². The predicted molar refractivity (Wildman–Crippen MR) is 49.6 cm³/mol. The Labute approximate surface area is 78.8 Å². The molecule has 1 aliphatic carbocycles. The molecule has 3 nitrogen and oxygen atoms in total. The lowest BCUT2D eigenvalue weighted by Gasteiger charge is -2.20. The van der Waals surface area contributed by atoms with Crippen molar-refractivity contribution in [3.8, 4) is 0 Å². The molecule has 74 valence electrons. The van der Waals surface area contributed by atoms with Gasteiger partial charge in [0.15, 0.2) is 0 Å². The van der Waals surface area contributed by atoms with E-state index in [4.69, 9.17) is 4.74 Å². The highest BCUT2D eigenvalue weighted by Gasteiger charge is 2.25. The molecule has 1 N–H and O–H groups in total. The van der Waals surface area contributed by atoms with E-state index in [1.54, 1.807) is 0 Å². The van der Waals surface area contributed by atoms with Gasteiger partial charge in [-0.25, -0.2) is 0 Å². The van der Waals surface area contributed by atoms with Crippen molar-refractivity contribution in [2.24, 2.45) is 5.92 Å². The van der Waals surface area contributed by atoms with Gasteiger partial charge in [0.2, 0.25) is 0 Å². The third-order valence-electron chi connectivity index (χ3n) is 2.82. The van der Waals surface area contributed by atoms with Crippen LogP contribution in [0.2, 0.25) is 0 Å². The molecule has 0 spiro atoms. The van der Waals surface area contributed by atoms with Crippen molar-refractivity contribution in [3.05, 3.63) is 0 Å². The Morgan fingerprint density at radius 1 is 1.23 bits per heavy atom. The van der Waals surface area contributed by atoms with Gasteiger partial charge in [0.05, 0.1) is 6.54 Å². The fourth-order valence-corrected chi connectivity index (χ4v) is 1.70. The molecule has 2 fully saturated rings. The summed E-state index contributed by atoms with van der Waals surface area (Å²) in [6.07, 6.45) is 4.35. The minimum atomic E-state index is 0.264. The largest absolute Gasteiger partial charge is 0.381 e. The molecule has 1 aliphatic heterocycles. The van der Waals surface area contributed by atoms with Crippen LogP contribution in [-0.2, 0) is 9.53 Å². The molecule has 1 heterocycles. The normalized spacial score (nSPS) is 24.6. The summed E-state index contributed by atoms with van der Waals surface area (Å²) < 4.78 is 5.22. The number of rotatable bonds is 4. The van der Waals surface area contributed by atoms with E-state index >= 15 is 0 Å². The van der Waals surface area contributed by atoms with Crippen LogP contribution in [0.1, 0.15) is 25.7 Å². The molecular weight excluding hydrogens is 166 g/mol. The summed E-state index contributed by atoms with van der Waals surface area (Å²) in [6.45, 7) is 2.11. The second kappa shape index (κ2) is 4.20. The lowest BCUT2D eigenvalue weighted by Crippen LogP contribution is -2.32. The second-order valence-electron chi connectivity index (χ2n) is 4.01. The monoisotopic (exact) mass is 183 g/mol. The number of hydrogen-bond acceptors (Lipinski definition) is 3. The third-order valence-corrected chi connectivity index (χ3v) is 2.82. The van der Waals surface area contributed by atoms with Crippen molar-refractivity contribution in [3.63, 3.8) is 0 Å². The standard InChI is InChI=1S/C10H17NO2/c12-10(7-11-9-1-2-9)8-3-5-13-6-4-8/h8-9,11H,1-7H2. The topological polar surface area (TPSA) is 38.3 Å². The van der Waals surface area contributed by atoms with Crippen molar-refractivity contribution >= 4 is 5.78 Å². The first-order valence-corrected chi connectivity index (χ1v) is 5.20. The molecule has 3 heteroatoms. The number of Topliss-reactive ketones (excluding diaryl/α,β-unsaturated/α-hetero) is 1. The van der Waals surface area contributed by atoms with E-state index in [0.29, 0.717) is 18.4 Å². The lowest BCUT2D eigenvalue weighted by molar-refractivity contribution is -0.124. The van der Waals surface area contributed by atoms with Gasteiger partial charge in [-0.15, -0.1) is 0 Å². The van der Waals surface area contributed by atoms with Crippen molar-refractivity contribution in [1.82, 2.24) is 5.32 Å². The first-order chi connectivity index (χ1) is 6.36. The number of ketones is 1. The molecule has 1 saturated carbocycles. The van der Waals surface area contributed by atoms with Gasteiger partial charge in [0, 0.05) is 25.2 Å². The molecular formula is C10H17NO2. The molecule has 0 aromatic rings. The molecule has 2 rings (SSSR count). The molecule has 0 amide bonds. The second-order valence-corrected chi connectivity index (χ2v) is 4.01. The molecule has 0 aromatic heterocycles. The van der Waals surface area contributed by atoms with Gasteiger partial charge in [-0.05, 0) is 25.7 Å². The average molecular weight is 183 g/mol. The number of ether oxygens (including phenoxy) is 1. The smallest absolute Gasteiger partial charge is 0.149 e. The first-order valence-electron chi connectivity index (χ1n) is 5.20. The Hall–Kier alpha value is -0.410. The predicted octanol–water partition coefficient (Wildman–Crippen LogP) is 0.734. The van der Waals surface area contributed by atoms with Crippen LogP contribution >= 0.6 is 0 Å². The highest BCUT2D eigenvalue weighted by atomic mass is 16.5. The number of carbonyl (C=O) groups excluding carboxylic acids is 1. The molecule has 13 heavy (non-hydrogen) atoms. The van der Waals surface area contributed by atoms with Gasteiger partial charge in [0.25, 0.3) is 0 Å². The summed E-state index contributed by atoms with van der Waals surface area (Å²) in [5.74, 6) is 0.648. The molecule has 0 atom stereocenters. The Morgan fingerprint density at radius 3 is 2.54 bits per heavy atom. The maximum absolute atomic E-state index is 11.6. The van der Waals surface area contributed by atoms with Crippen molar-refractivity contribution in [1.29, 1.82) is 0 Å². The Balaban J connectivity index is 1.67. The zero-order chi connectivity index (χ0) is 9.10. The van der Waals surface area contributed by atoms with Crippen LogP contribution in [0.3, 0.4) is 0 Å². The Bertz CT molecular complexity index is 183. The zero-order valence-electron chi connectivity index (χ0n) is 7.92. The number of nitrogens with one attached hydrogen (secondary N) is 1. The molecule has 2 aliphatic rings. The van der Waals surface area contributed by atoms with E-state index in [1.807, 2.05) is 0 Å². The number of hydrogen-bond donors (Lipinski definition) is 1. The summed E-state index contributed by atoms with van der Waals surface area (Å²) in [6, 6.07) is 0.642. The van der Waals surface area contributed by atoms with Crippen LogP contribution < -0.4 is 5.32 Å². The van der Waals surface area contributed by atoms with Crippen molar-refractivity contribution in [2.75, 3.05) is 19.8 Å². The van der Waals surface area contributed by atoms with Gasteiger partial charge in [-0.1, -0.05) is 0 Å². The van der Waals surface area contributed by atoms with Crippen LogP contribution in [0.5, 0.6) is 0 Å². The van der Waals surface area contributed by atoms with E-state index < -0.39 is 0 Å². The fourth-order valence-electron chi connectivity index (χ4n) is 1.70. The summed E-state index contributed by atoms with van der Waals surface area (Å²) in [7, 11) is 0. The van der Waals surface area contributed by atoms with Gasteiger partial charge in [0.1, 0.15) is 5.78 Å². The van der Waals surface area contributed by atoms with Crippen LogP contribution in [0.25, 0.3) is 0 Å². The van der Waals surface area contributed by atoms with Crippen LogP contribution in [-0.4, -0.2) is 31.6 Å². The van der Waals surface area contributed by atoms with Crippen LogP contribution in [0.4, 0.5) is 0 Å². The van der Waals surface area contributed by atoms with Gasteiger partial charge in [-0.3, -0.25) is 4.79 Å². The summed E-state index contributed by atoms with van der Waals surface area (Å²) in [5, 5.41) is 3.26. The van der Waals surface area contributed by atoms with Gasteiger partial charge in [-0.2, -0.15) is 0 Å². The van der Waals surface area contributed by atoms with Crippen LogP contribution in [0.15, 0.2) is 0 Å². The van der Waals surface area contributed by atoms with E-state index in [1.165, 1.54) is 12.8 Å². The highest BCUT2D eigenvalue weighted by molar-refractivity contribution is 5.83. The lowest BCUT2D eigenvalue weighted by atomic mass is 9.95. The van der Waals surface area contributed by atoms with E-state index in [9.17, 15) is 4.79 Å². The molecule has 1 saturated heterocycles. The van der Waals surface area contributed by atoms with E-state index in [-0.39, 0.29) is 5.92 Å². The summed E-state index contributed by atoms with van der Waals surface area (Å²) in [4.78, 5) is 11.6. The maximum atomic E-state index is 11.6. The quantitative estimate of drug-likeness (QED) is 0.698. The van der Waals surface area contributed by atoms with Crippen molar-refractivity contribution < 1.29 is 9.53 Å².